The molecule has 7 nitrogen and oxygen atoms in total. The maximum absolute atomic E-state index is 11.8. The van der Waals surface area contributed by atoms with E-state index in [-0.39, 0.29) is 12.5 Å². The predicted molar refractivity (Wildman–Crippen MR) is 90.5 cm³/mol. The molecule has 1 fully saturated rings. The molecule has 1 amide bonds. The van der Waals surface area contributed by atoms with Crippen LogP contribution in [0.15, 0.2) is 18.6 Å². The molecule has 0 radical (unpaired) electrons. The van der Waals surface area contributed by atoms with Crippen molar-refractivity contribution in [3.8, 4) is 0 Å². The molecule has 7 heteroatoms. The van der Waals surface area contributed by atoms with Gasteiger partial charge in [-0.25, -0.2) is 9.97 Å². The quantitative estimate of drug-likeness (QED) is 0.871. The second-order valence-electron chi connectivity index (χ2n) is 6.21. The van der Waals surface area contributed by atoms with Crippen molar-refractivity contribution in [2.75, 3.05) is 24.5 Å². The van der Waals surface area contributed by atoms with Crippen LogP contribution in [0.2, 0.25) is 0 Å². The lowest BCUT2D eigenvalue weighted by Gasteiger charge is -2.37. The number of carbonyl (C=O) groups excluding carboxylic acids is 1. The second-order valence-corrected chi connectivity index (χ2v) is 6.21. The number of aromatic nitrogens is 3. The number of rotatable bonds is 4. The van der Waals surface area contributed by atoms with E-state index in [1.54, 1.807) is 6.33 Å². The average Bonchev–Trinajstić information content (AvgIpc) is 2.89. The topological polar surface area (TPSA) is 75.1 Å². The van der Waals surface area contributed by atoms with Gasteiger partial charge in [0.15, 0.2) is 0 Å². The molecular weight excluding hydrogens is 292 g/mol. The molecule has 3 rings (SSSR count). The molecule has 2 N–H and O–H groups in total. The van der Waals surface area contributed by atoms with Crippen LogP contribution in [-0.4, -0.2) is 52.2 Å². The Morgan fingerprint density at radius 1 is 1.35 bits per heavy atom. The van der Waals surface area contributed by atoms with Gasteiger partial charge in [-0.15, -0.1) is 0 Å². The highest BCUT2D eigenvalue weighted by atomic mass is 16.1. The van der Waals surface area contributed by atoms with Crippen molar-refractivity contribution in [1.29, 1.82) is 0 Å². The average molecular weight is 316 g/mol. The highest BCUT2D eigenvalue weighted by molar-refractivity contribution is 5.89. The van der Waals surface area contributed by atoms with E-state index in [1.807, 2.05) is 23.8 Å². The minimum atomic E-state index is -0.00502. The van der Waals surface area contributed by atoms with Crippen LogP contribution in [-0.2, 0) is 11.3 Å². The summed E-state index contributed by atoms with van der Waals surface area (Å²) in [7, 11) is 0. The molecule has 0 aliphatic carbocycles. The first kappa shape index (κ1) is 15.7. The van der Waals surface area contributed by atoms with Crippen molar-refractivity contribution < 1.29 is 4.79 Å². The maximum Gasteiger partial charge on any atom is 0.239 e. The van der Waals surface area contributed by atoms with Crippen molar-refractivity contribution in [3.63, 3.8) is 0 Å². The number of amides is 1. The molecule has 2 aromatic rings. The number of piperazine rings is 1. The lowest BCUT2D eigenvalue weighted by atomic mass is 10.1. The fourth-order valence-corrected chi connectivity index (χ4v) is 3.28. The zero-order valence-electron chi connectivity index (χ0n) is 13.9. The fraction of sp³-hybridized carbons (Fsp3) is 0.562. The van der Waals surface area contributed by atoms with Crippen molar-refractivity contribution >= 4 is 22.8 Å². The molecule has 2 unspecified atom stereocenters. The third-order valence-corrected chi connectivity index (χ3v) is 4.08. The lowest BCUT2D eigenvalue weighted by Crippen LogP contribution is -2.54. The molecule has 1 aliphatic heterocycles. The summed E-state index contributed by atoms with van der Waals surface area (Å²) in [5, 5.41) is 7.34. The van der Waals surface area contributed by atoms with Crippen molar-refractivity contribution in [2.24, 2.45) is 0 Å². The summed E-state index contributed by atoms with van der Waals surface area (Å²) in [4.78, 5) is 23.0. The summed E-state index contributed by atoms with van der Waals surface area (Å²) in [6, 6.07) is 2.84. The Balaban J connectivity index is 1.90. The number of hydrogen-bond acceptors (Lipinski definition) is 5. The summed E-state index contributed by atoms with van der Waals surface area (Å²) < 4.78 is 1.88. The van der Waals surface area contributed by atoms with Gasteiger partial charge in [-0.1, -0.05) is 0 Å². The third kappa shape index (κ3) is 3.29. The van der Waals surface area contributed by atoms with Crippen molar-refractivity contribution in [3.05, 3.63) is 18.6 Å². The monoisotopic (exact) mass is 316 g/mol. The number of nitrogens with zero attached hydrogens (tertiary/aromatic N) is 4. The number of likely N-dealkylation sites (N-methyl/N-ethyl adjacent to an activating group) is 1. The second kappa shape index (κ2) is 6.54. The molecule has 1 saturated heterocycles. The van der Waals surface area contributed by atoms with E-state index in [9.17, 15) is 4.79 Å². The van der Waals surface area contributed by atoms with Gasteiger partial charge in [-0.05, 0) is 26.8 Å². The van der Waals surface area contributed by atoms with E-state index in [2.05, 4.69) is 39.3 Å². The number of carbonyl (C=O) groups is 1. The highest BCUT2D eigenvalue weighted by Gasteiger charge is 2.24. The van der Waals surface area contributed by atoms with Crippen LogP contribution in [0.3, 0.4) is 0 Å². The highest BCUT2D eigenvalue weighted by Crippen LogP contribution is 2.25. The summed E-state index contributed by atoms with van der Waals surface area (Å²) in [5.41, 5.74) is 0.806. The number of hydrogen-bond donors (Lipinski definition) is 2. The minimum Gasteiger partial charge on any atom is -0.355 e. The largest absolute Gasteiger partial charge is 0.355 e. The van der Waals surface area contributed by atoms with Gasteiger partial charge in [0, 0.05) is 37.9 Å². The Kier molecular flexibility index (Phi) is 4.47. The zero-order valence-corrected chi connectivity index (χ0v) is 13.9. The molecule has 2 atom stereocenters. The normalized spacial score (nSPS) is 21.6. The Hall–Kier alpha value is -2.15. The van der Waals surface area contributed by atoms with Crippen LogP contribution in [0.25, 0.3) is 11.0 Å². The van der Waals surface area contributed by atoms with Gasteiger partial charge in [0.1, 0.15) is 24.3 Å². The molecule has 124 valence electrons. The van der Waals surface area contributed by atoms with Gasteiger partial charge >= 0.3 is 0 Å². The van der Waals surface area contributed by atoms with E-state index in [4.69, 9.17) is 0 Å². The van der Waals surface area contributed by atoms with E-state index in [1.165, 1.54) is 0 Å². The standard InChI is InChI=1S/C16H24N6O/c1-4-17-14(23)9-21-6-5-13-15(21)18-10-19-16(13)22-7-11(2)20-12(3)8-22/h5-6,10-12,20H,4,7-9H2,1-3H3,(H,17,23). The Bertz CT molecular complexity index is 687. The Labute approximate surface area is 136 Å². The van der Waals surface area contributed by atoms with Crippen LogP contribution in [0.4, 0.5) is 5.82 Å². The van der Waals surface area contributed by atoms with Gasteiger partial charge in [0.05, 0.1) is 5.39 Å². The Morgan fingerprint density at radius 2 is 2.09 bits per heavy atom. The smallest absolute Gasteiger partial charge is 0.239 e. The summed E-state index contributed by atoms with van der Waals surface area (Å²) in [5.74, 6) is 0.944. The van der Waals surface area contributed by atoms with Crippen LogP contribution >= 0.6 is 0 Å². The Morgan fingerprint density at radius 3 is 2.78 bits per heavy atom. The molecule has 0 aromatic carbocycles. The van der Waals surface area contributed by atoms with Crippen LogP contribution in [0, 0.1) is 0 Å². The summed E-state index contributed by atoms with van der Waals surface area (Å²) >= 11 is 0. The predicted octanol–water partition coefficient (Wildman–Crippen LogP) is 0.754. The minimum absolute atomic E-state index is 0.00502. The van der Waals surface area contributed by atoms with Crippen molar-refractivity contribution in [2.45, 2.75) is 39.4 Å². The van der Waals surface area contributed by atoms with Gasteiger partial charge in [0.2, 0.25) is 5.91 Å². The number of anilines is 1. The first-order chi connectivity index (χ1) is 11.1. The molecule has 3 heterocycles. The van der Waals surface area contributed by atoms with Gasteiger partial charge in [0.25, 0.3) is 0 Å². The molecule has 0 saturated carbocycles. The lowest BCUT2D eigenvalue weighted by molar-refractivity contribution is -0.121. The number of fused-ring (bicyclic) bond motifs is 1. The molecule has 23 heavy (non-hydrogen) atoms. The molecule has 1 aliphatic rings. The van der Waals surface area contributed by atoms with E-state index >= 15 is 0 Å². The first-order valence-electron chi connectivity index (χ1n) is 8.16. The maximum atomic E-state index is 11.8. The number of nitrogens with one attached hydrogen (secondary N) is 2. The van der Waals surface area contributed by atoms with Gasteiger partial charge in [-0.3, -0.25) is 4.79 Å². The molecule has 0 spiro atoms. The summed E-state index contributed by atoms with van der Waals surface area (Å²) in [6.07, 6.45) is 3.50. The molecule has 2 aromatic heterocycles. The first-order valence-corrected chi connectivity index (χ1v) is 8.16. The van der Waals surface area contributed by atoms with Crippen molar-refractivity contribution in [1.82, 2.24) is 25.2 Å². The van der Waals surface area contributed by atoms with Gasteiger partial charge in [-0.2, -0.15) is 0 Å². The third-order valence-electron chi connectivity index (χ3n) is 4.08. The van der Waals surface area contributed by atoms with Gasteiger partial charge < -0.3 is 20.1 Å². The van der Waals surface area contributed by atoms with E-state index in [0.29, 0.717) is 18.6 Å². The van der Waals surface area contributed by atoms with Crippen LogP contribution in [0.5, 0.6) is 0 Å². The van der Waals surface area contributed by atoms with E-state index < -0.39 is 0 Å². The SMILES string of the molecule is CCNC(=O)Cn1ccc2c(N3CC(C)NC(C)C3)ncnc21. The van der Waals surface area contributed by atoms with E-state index in [0.717, 1.165) is 29.9 Å². The fourth-order valence-electron chi connectivity index (χ4n) is 3.28. The van der Waals surface area contributed by atoms with Crippen LogP contribution in [0.1, 0.15) is 20.8 Å². The molecular formula is C16H24N6O. The zero-order chi connectivity index (χ0) is 16.4. The van der Waals surface area contributed by atoms with Crippen LogP contribution < -0.4 is 15.5 Å². The summed E-state index contributed by atoms with van der Waals surface area (Å²) in [6.45, 7) is 9.02. The molecule has 0 bridgehead atoms.